The first-order valence-electron chi connectivity index (χ1n) is 15.7. The lowest BCUT2D eigenvalue weighted by Gasteiger charge is -2.15. The molecule has 0 spiro atoms. The molecule has 1 aliphatic carbocycles. The molecule has 0 fully saturated rings. The van der Waals surface area contributed by atoms with Crippen molar-refractivity contribution in [1.29, 1.82) is 0 Å². The number of rotatable bonds is 1. The molecule has 0 radical (unpaired) electrons. The maximum absolute atomic E-state index is 2.46. The van der Waals surface area contributed by atoms with Crippen molar-refractivity contribution in [2.75, 3.05) is 0 Å². The molecule has 202 valence electrons. The minimum absolute atomic E-state index is 1.03. The van der Waals surface area contributed by atoms with Crippen LogP contribution < -0.4 is 0 Å². The average molecular weight is 555 g/mol. The van der Waals surface area contributed by atoms with E-state index >= 15 is 0 Å². The van der Waals surface area contributed by atoms with E-state index in [0.29, 0.717) is 0 Å². The smallest absolute Gasteiger partial charge is 0.00137 e. The summed E-state index contributed by atoms with van der Waals surface area (Å²) in [5.41, 5.74) is 6.83. The SMILES string of the molecule is CCc1ccc2c(c1)c1cc3ccccc3cc1c1cc3cc4c(cc3cc21)-c1cc2cccc3ccc5ccc-4c1c5c32. The van der Waals surface area contributed by atoms with Gasteiger partial charge in [0.1, 0.15) is 0 Å². The fourth-order valence-corrected chi connectivity index (χ4v) is 8.48. The zero-order valence-electron chi connectivity index (χ0n) is 24.3. The van der Waals surface area contributed by atoms with Gasteiger partial charge in [-0.25, -0.2) is 0 Å². The Balaban J connectivity index is 1.29. The molecule has 0 amide bonds. The second-order valence-electron chi connectivity index (χ2n) is 12.8. The molecule has 0 saturated carbocycles. The van der Waals surface area contributed by atoms with Gasteiger partial charge in [-0.2, -0.15) is 0 Å². The van der Waals surface area contributed by atoms with Crippen molar-refractivity contribution in [3.63, 3.8) is 0 Å². The lowest BCUT2D eigenvalue weighted by atomic mass is 9.89. The van der Waals surface area contributed by atoms with Gasteiger partial charge in [0.2, 0.25) is 0 Å². The van der Waals surface area contributed by atoms with Gasteiger partial charge in [0.25, 0.3) is 0 Å². The number of fused-ring (bicyclic) bond motifs is 11. The molecule has 0 atom stereocenters. The van der Waals surface area contributed by atoms with Crippen LogP contribution in [0.4, 0.5) is 0 Å². The second-order valence-corrected chi connectivity index (χ2v) is 12.8. The molecule has 0 heteroatoms. The van der Waals surface area contributed by atoms with Crippen LogP contribution in [0.2, 0.25) is 0 Å². The van der Waals surface area contributed by atoms with Crippen LogP contribution in [0.5, 0.6) is 0 Å². The average Bonchev–Trinajstić information content (AvgIpc) is 3.38. The fraction of sp³-hybridized carbons (Fsp3) is 0.0455. The van der Waals surface area contributed by atoms with Crippen molar-refractivity contribution >= 4 is 86.2 Å². The normalized spacial score (nSPS) is 12.8. The number of hydrogen-bond donors (Lipinski definition) is 0. The molecule has 0 unspecified atom stereocenters. The molecule has 0 aromatic heterocycles. The van der Waals surface area contributed by atoms with E-state index in [1.165, 1.54) is 114 Å². The van der Waals surface area contributed by atoms with Crippen LogP contribution in [0.1, 0.15) is 12.5 Å². The van der Waals surface area contributed by atoms with E-state index in [9.17, 15) is 0 Å². The van der Waals surface area contributed by atoms with E-state index in [0.717, 1.165) is 6.42 Å². The van der Waals surface area contributed by atoms with E-state index in [2.05, 4.69) is 134 Å². The molecular formula is C44H26. The van der Waals surface area contributed by atoms with Crippen LogP contribution in [0.25, 0.3) is 108 Å². The number of hydrogen-bond acceptors (Lipinski definition) is 0. The molecule has 10 aromatic rings. The molecule has 1 aliphatic rings. The van der Waals surface area contributed by atoms with Crippen LogP contribution in [0, 0.1) is 0 Å². The Labute approximate surface area is 254 Å². The Kier molecular flexibility index (Phi) is 4.15. The van der Waals surface area contributed by atoms with E-state index < -0.39 is 0 Å². The Morgan fingerprint density at radius 1 is 0.318 bits per heavy atom. The second kappa shape index (κ2) is 7.92. The molecule has 0 saturated heterocycles. The predicted octanol–water partition coefficient (Wildman–Crippen LogP) is 12.6. The Morgan fingerprint density at radius 3 is 1.59 bits per heavy atom. The Morgan fingerprint density at radius 2 is 0.864 bits per heavy atom. The van der Waals surface area contributed by atoms with Crippen LogP contribution in [-0.2, 0) is 6.42 Å². The molecule has 0 N–H and O–H groups in total. The summed E-state index contributed by atoms with van der Waals surface area (Å²) in [4.78, 5) is 0. The lowest BCUT2D eigenvalue weighted by molar-refractivity contribution is 1.15. The van der Waals surface area contributed by atoms with Gasteiger partial charge in [0.05, 0.1) is 0 Å². The van der Waals surface area contributed by atoms with Crippen LogP contribution in [0.3, 0.4) is 0 Å². The first-order valence-corrected chi connectivity index (χ1v) is 15.7. The highest BCUT2D eigenvalue weighted by Crippen LogP contribution is 2.53. The van der Waals surface area contributed by atoms with Gasteiger partial charge in [0.15, 0.2) is 0 Å². The minimum atomic E-state index is 1.03. The van der Waals surface area contributed by atoms with Gasteiger partial charge in [0, 0.05) is 0 Å². The summed E-state index contributed by atoms with van der Waals surface area (Å²) in [6.45, 7) is 2.25. The summed E-state index contributed by atoms with van der Waals surface area (Å²) in [6, 6.07) is 48.9. The lowest BCUT2D eigenvalue weighted by Crippen LogP contribution is -1.88. The topological polar surface area (TPSA) is 0 Å². The maximum atomic E-state index is 2.46. The number of benzene rings is 10. The molecule has 0 heterocycles. The van der Waals surface area contributed by atoms with Crippen molar-refractivity contribution in [3.05, 3.63) is 133 Å². The quantitative estimate of drug-likeness (QED) is 0.140. The van der Waals surface area contributed by atoms with Crippen LogP contribution in [0.15, 0.2) is 127 Å². The summed E-state index contributed by atoms with van der Waals surface area (Å²) >= 11 is 0. The first kappa shape index (κ1) is 23.1. The van der Waals surface area contributed by atoms with Gasteiger partial charge >= 0.3 is 0 Å². The molecule has 10 aromatic carbocycles. The molecule has 11 rings (SSSR count). The highest BCUT2D eigenvalue weighted by molar-refractivity contribution is 6.33. The van der Waals surface area contributed by atoms with E-state index in [1.54, 1.807) is 0 Å². The van der Waals surface area contributed by atoms with Crippen molar-refractivity contribution < 1.29 is 0 Å². The minimum Gasteiger partial charge on any atom is -0.0616 e. The Hall–Kier alpha value is -5.46. The molecule has 44 heavy (non-hydrogen) atoms. The van der Waals surface area contributed by atoms with Gasteiger partial charge in [-0.3, -0.25) is 0 Å². The standard InChI is InChI=1S/C44H26/c1-2-24-10-14-32-34(16-24)37-17-27-6-3-4-7-28(27)18-38(37)39-22-31-21-36-33-15-13-26-12-11-25-8-5-9-29-19-41(44(33)43(26)42(25)29)40(36)23-30(31)20-35(32)39/h3-23H,2H2,1H3. The van der Waals surface area contributed by atoms with Crippen LogP contribution >= 0.6 is 0 Å². The Bertz CT molecular complexity index is 2900. The summed E-state index contributed by atoms with van der Waals surface area (Å²) < 4.78 is 0. The van der Waals surface area contributed by atoms with Crippen molar-refractivity contribution in [2.45, 2.75) is 13.3 Å². The van der Waals surface area contributed by atoms with Crippen molar-refractivity contribution in [3.8, 4) is 22.3 Å². The molecular weight excluding hydrogens is 528 g/mol. The van der Waals surface area contributed by atoms with E-state index in [-0.39, 0.29) is 0 Å². The summed E-state index contributed by atoms with van der Waals surface area (Å²) in [5.74, 6) is 0. The predicted molar refractivity (Wildman–Crippen MR) is 191 cm³/mol. The van der Waals surface area contributed by atoms with Gasteiger partial charge in [-0.05, 0) is 163 Å². The van der Waals surface area contributed by atoms with E-state index in [4.69, 9.17) is 0 Å². The largest absolute Gasteiger partial charge is 0.0616 e. The summed E-state index contributed by atoms with van der Waals surface area (Å²) in [6.07, 6.45) is 1.03. The molecule has 0 nitrogen and oxygen atoms in total. The highest BCUT2D eigenvalue weighted by atomic mass is 14.3. The third-order valence-electron chi connectivity index (χ3n) is 10.6. The van der Waals surface area contributed by atoms with Gasteiger partial charge in [-0.15, -0.1) is 0 Å². The monoisotopic (exact) mass is 554 g/mol. The first-order chi connectivity index (χ1) is 21.7. The van der Waals surface area contributed by atoms with E-state index in [1.807, 2.05) is 0 Å². The summed E-state index contributed by atoms with van der Waals surface area (Å²) in [5, 5.41) is 21.4. The van der Waals surface area contributed by atoms with Crippen molar-refractivity contribution in [1.82, 2.24) is 0 Å². The number of aryl methyl sites for hydroxylation is 1. The van der Waals surface area contributed by atoms with Gasteiger partial charge in [-0.1, -0.05) is 91.9 Å². The molecule has 0 aliphatic heterocycles. The maximum Gasteiger partial charge on any atom is -0.00137 e. The van der Waals surface area contributed by atoms with Crippen molar-refractivity contribution in [2.24, 2.45) is 0 Å². The zero-order chi connectivity index (χ0) is 28.7. The molecule has 0 bridgehead atoms. The van der Waals surface area contributed by atoms with Gasteiger partial charge < -0.3 is 0 Å². The summed E-state index contributed by atoms with van der Waals surface area (Å²) in [7, 11) is 0. The third-order valence-corrected chi connectivity index (χ3v) is 10.6. The highest BCUT2D eigenvalue weighted by Gasteiger charge is 2.25. The fourth-order valence-electron chi connectivity index (χ4n) is 8.48. The van der Waals surface area contributed by atoms with Crippen LogP contribution in [-0.4, -0.2) is 0 Å². The zero-order valence-corrected chi connectivity index (χ0v) is 24.3. The third kappa shape index (κ3) is 2.79.